The number of aromatic nitrogens is 3. The van der Waals surface area contributed by atoms with Gasteiger partial charge in [0.15, 0.2) is 5.16 Å². The zero-order chi connectivity index (χ0) is 21.0. The summed E-state index contributed by atoms with van der Waals surface area (Å²) < 4.78 is 1.41. The Bertz CT molecular complexity index is 924. The number of hydroxylamine groups is 4. The van der Waals surface area contributed by atoms with Crippen molar-refractivity contribution in [3.63, 3.8) is 0 Å². The van der Waals surface area contributed by atoms with Crippen LogP contribution in [0, 0.1) is 22.5 Å². The van der Waals surface area contributed by atoms with Gasteiger partial charge in [0.05, 0.1) is 0 Å². The third-order valence-electron chi connectivity index (χ3n) is 7.10. The Hall–Kier alpha value is -1.69. The number of H-pyrrole nitrogens is 1. The highest BCUT2D eigenvalue weighted by molar-refractivity contribution is 8.00. The Labute approximate surface area is 171 Å². The first kappa shape index (κ1) is 20.6. The minimum absolute atomic E-state index is 0.0233. The highest BCUT2D eigenvalue weighted by atomic mass is 32.2. The number of quaternary nitrogens is 1. The Balaban J connectivity index is 1.66. The van der Waals surface area contributed by atoms with E-state index in [1.165, 1.54) is 16.4 Å². The van der Waals surface area contributed by atoms with E-state index in [9.17, 15) is 24.8 Å². The molecule has 0 aromatic carbocycles. The molecule has 0 spiro atoms. The number of rotatable bonds is 5. The van der Waals surface area contributed by atoms with E-state index in [1.807, 2.05) is 0 Å². The van der Waals surface area contributed by atoms with Gasteiger partial charge < -0.3 is 10.9 Å². The molecule has 2 aliphatic carbocycles. The van der Waals surface area contributed by atoms with Crippen LogP contribution in [-0.2, 0) is 11.8 Å². The van der Waals surface area contributed by atoms with Gasteiger partial charge in [0, 0.05) is 36.5 Å². The molecule has 2 saturated carbocycles. The van der Waals surface area contributed by atoms with Crippen LogP contribution in [0.3, 0.4) is 0 Å². The molecule has 3 fully saturated rings. The van der Waals surface area contributed by atoms with Gasteiger partial charge in [0.1, 0.15) is 12.6 Å². The van der Waals surface area contributed by atoms with Gasteiger partial charge in [0.2, 0.25) is 5.91 Å². The number of carbonyl (C=O) groups is 1. The van der Waals surface area contributed by atoms with Crippen molar-refractivity contribution in [1.29, 1.82) is 0 Å². The number of aromatic amines is 1. The number of hydrogen-bond donors (Lipinski definition) is 3. The summed E-state index contributed by atoms with van der Waals surface area (Å²) in [4.78, 5) is 37.5. The molecule has 1 aromatic rings. The van der Waals surface area contributed by atoms with Gasteiger partial charge in [-0.25, -0.2) is 10.0 Å². The molecule has 1 aromatic heterocycles. The highest BCUT2D eigenvalue weighted by Crippen LogP contribution is 2.68. The van der Waals surface area contributed by atoms with Crippen molar-refractivity contribution in [2.75, 3.05) is 6.54 Å². The van der Waals surface area contributed by atoms with Gasteiger partial charge in [-0.2, -0.15) is 4.98 Å². The quantitative estimate of drug-likeness (QED) is 0.352. The van der Waals surface area contributed by atoms with Gasteiger partial charge >= 0.3 is 11.1 Å². The summed E-state index contributed by atoms with van der Waals surface area (Å²) in [6.45, 7) is -0.0421. The lowest BCUT2D eigenvalue weighted by Gasteiger charge is -2.50. The molecule has 1 saturated heterocycles. The molecule has 4 rings (SSSR count). The number of thioether (sulfide) groups is 1. The molecule has 5 unspecified atom stereocenters. The number of piperidine rings is 1. The summed E-state index contributed by atoms with van der Waals surface area (Å²) in [7, 11) is 1.61. The van der Waals surface area contributed by atoms with Gasteiger partial charge in [-0.3, -0.25) is 24.2 Å². The Morgan fingerprint density at radius 1 is 1.38 bits per heavy atom. The molecular formula is C18H27N5O5S. The zero-order valence-electron chi connectivity index (χ0n) is 16.4. The van der Waals surface area contributed by atoms with Crippen molar-refractivity contribution < 1.29 is 14.8 Å². The van der Waals surface area contributed by atoms with Crippen LogP contribution in [0.1, 0.15) is 44.9 Å². The number of hydrogen-bond acceptors (Lipinski definition) is 7. The topological polar surface area (TPSA) is 154 Å². The van der Waals surface area contributed by atoms with E-state index in [4.69, 9.17) is 5.73 Å². The summed E-state index contributed by atoms with van der Waals surface area (Å²) >= 11 is 1.36. The summed E-state index contributed by atoms with van der Waals surface area (Å²) in [6.07, 6.45) is 5.39. The van der Waals surface area contributed by atoms with Crippen molar-refractivity contribution in [2.24, 2.45) is 30.0 Å². The van der Waals surface area contributed by atoms with Gasteiger partial charge in [-0.1, -0.05) is 24.6 Å². The molecule has 160 valence electrons. The fourth-order valence-electron chi connectivity index (χ4n) is 5.52. The van der Waals surface area contributed by atoms with Crippen LogP contribution in [0.15, 0.2) is 14.7 Å². The van der Waals surface area contributed by atoms with Gasteiger partial charge in [-0.05, 0) is 25.2 Å². The largest absolute Gasteiger partial charge is 0.598 e. The molecule has 0 bridgehead atoms. The van der Waals surface area contributed by atoms with Crippen LogP contribution in [0.2, 0.25) is 0 Å². The van der Waals surface area contributed by atoms with E-state index in [0.29, 0.717) is 18.0 Å². The Morgan fingerprint density at radius 2 is 2.07 bits per heavy atom. The summed E-state index contributed by atoms with van der Waals surface area (Å²) in [5.74, 6) is -0.562. The van der Waals surface area contributed by atoms with E-state index in [0.717, 1.165) is 25.7 Å². The van der Waals surface area contributed by atoms with Crippen LogP contribution in [0.5, 0.6) is 0 Å². The van der Waals surface area contributed by atoms with Crippen LogP contribution < -0.4 is 16.9 Å². The second-order valence-electron chi connectivity index (χ2n) is 8.72. The predicted molar refractivity (Wildman–Crippen MR) is 105 cm³/mol. The third kappa shape index (κ3) is 3.54. The average molecular weight is 426 g/mol. The summed E-state index contributed by atoms with van der Waals surface area (Å²) in [5, 5.41) is 26.5. The highest BCUT2D eigenvalue weighted by Gasteiger charge is 2.69. The lowest BCUT2D eigenvalue weighted by molar-refractivity contribution is -1.09. The number of nitrogens with zero attached hydrogens (tertiary/aromatic N) is 3. The normalized spacial score (nSPS) is 37.6. The molecule has 29 heavy (non-hydrogen) atoms. The lowest BCUT2D eigenvalue weighted by Crippen LogP contribution is -2.60. The van der Waals surface area contributed by atoms with E-state index in [1.54, 1.807) is 7.05 Å². The first-order chi connectivity index (χ1) is 13.6. The molecule has 3 aliphatic rings. The standard InChI is InChI=1S/C18H27N5O5S/c1-22-17(20-15(25)16(26)21-22)29-13-9-18(13,11-4-2-3-5-11)12-8-10(14(19)24)6-7-23(12,27)28/h10-13,27H,2-9H2,1H3,(H2,19,24)(H,21,26). The molecule has 5 atom stereocenters. The molecule has 1 aliphatic heterocycles. The summed E-state index contributed by atoms with van der Waals surface area (Å²) in [6, 6.07) is -0.630. The molecule has 4 N–H and O–H groups in total. The smallest absolute Gasteiger partial charge is 0.339 e. The first-order valence-corrected chi connectivity index (χ1v) is 11.0. The number of nitrogens with two attached hydrogens (primary N) is 1. The third-order valence-corrected chi connectivity index (χ3v) is 8.57. The van der Waals surface area contributed by atoms with Crippen LogP contribution in [0.25, 0.3) is 0 Å². The number of amides is 1. The molecular weight excluding hydrogens is 398 g/mol. The van der Waals surface area contributed by atoms with Crippen molar-refractivity contribution in [2.45, 2.75) is 61.4 Å². The zero-order valence-corrected chi connectivity index (χ0v) is 17.2. The van der Waals surface area contributed by atoms with Crippen LogP contribution >= 0.6 is 11.8 Å². The molecule has 1 amide bonds. The molecule has 0 radical (unpaired) electrons. The predicted octanol–water partition coefficient (Wildman–Crippen LogP) is 0.477. The molecule has 11 heteroatoms. The van der Waals surface area contributed by atoms with Gasteiger partial charge in [0.25, 0.3) is 0 Å². The van der Waals surface area contributed by atoms with Crippen molar-refractivity contribution in [3.05, 3.63) is 25.9 Å². The minimum Gasteiger partial charge on any atom is -0.598 e. The SMILES string of the molecule is Cn1[nH]c(=O)c(=O)nc1SC1CC1(C1CCCC1)C1CC(C(N)=O)CC[N+]1([O-])O. The van der Waals surface area contributed by atoms with Crippen LogP contribution in [-0.4, -0.2) is 48.5 Å². The first-order valence-electron chi connectivity index (χ1n) is 10.1. The molecule has 10 nitrogen and oxygen atoms in total. The maximum absolute atomic E-state index is 13.0. The number of nitrogens with one attached hydrogen (secondary N) is 1. The minimum atomic E-state index is -1.34. The van der Waals surface area contributed by atoms with E-state index >= 15 is 0 Å². The van der Waals surface area contributed by atoms with Crippen molar-refractivity contribution in [3.8, 4) is 0 Å². The molecule has 2 heterocycles. The second kappa shape index (κ2) is 7.22. The van der Waals surface area contributed by atoms with Crippen molar-refractivity contribution >= 4 is 17.7 Å². The Morgan fingerprint density at radius 3 is 2.72 bits per heavy atom. The fraction of sp³-hybridized carbons (Fsp3) is 0.778. The maximum atomic E-state index is 13.0. The lowest BCUT2D eigenvalue weighted by atomic mass is 9.75. The number of aryl methyl sites for hydroxylation is 1. The average Bonchev–Trinajstić information content (AvgIpc) is 3.08. The number of carbonyl (C=O) groups excluding carboxylic acids is 1. The van der Waals surface area contributed by atoms with Crippen molar-refractivity contribution in [1.82, 2.24) is 14.8 Å². The fourth-order valence-corrected chi connectivity index (χ4v) is 7.06. The Kier molecular flexibility index (Phi) is 5.12. The van der Waals surface area contributed by atoms with E-state index in [2.05, 4.69) is 10.1 Å². The second-order valence-corrected chi connectivity index (χ2v) is 9.89. The van der Waals surface area contributed by atoms with Gasteiger partial charge in [-0.15, -0.1) is 0 Å². The number of primary amides is 1. The van der Waals surface area contributed by atoms with E-state index < -0.39 is 39.2 Å². The maximum Gasteiger partial charge on any atom is 0.339 e. The van der Waals surface area contributed by atoms with E-state index in [-0.39, 0.29) is 24.1 Å². The monoisotopic (exact) mass is 425 g/mol. The van der Waals surface area contributed by atoms with Crippen LogP contribution in [0.4, 0.5) is 0 Å². The summed E-state index contributed by atoms with van der Waals surface area (Å²) in [5.41, 5.74) is 3.47.